The molecule has 15 heavy (non-hydrogen) atoms. The molecule has 0 aliphatic rings. The Bertz CT molecular complexity index is 363. The van der Waals surface area contributed by atoms with E-state index in [0.717, 1.165) is 12.1 Å². The Morgan fingerprint density at radius 3 is 2.47 bits per heavy atom. The maximum atomic E-state index is 12.4. The fourth-order valence-electron chi connectivity index (χ4n) is 1.04. The smallest absolute Gasteiger partial charge is 0.329 e. The number of hydrogen-bond acceptors (Lipinski definition) is 4. The van der Waals surface area contributed by atoms with Crippen molar-refractivity contribution in [1.29, 1.82) is 0 Å². The van der Waals surface area contributed by atoms with Crippen LogP contribution < -0.4 is 5.73 Å². The molecule has 1 aromatic heterocycles. The van der Waals surface area contributed by atoms with Crippen molar-refractivity contribution in [3.05, 3.63) is 27.1 Å². The van der Waals surface area contributed by atoms with E-state index < -0.39 is 23.6 Å². The third kappa shape index (κ3) is 2.66. The SMILES string of the molecule is NCC(c1ccc([N+](=O)[O-])s1)C(F)(F)F. The topological polar surface area (TPSA) is 69.2 Å². The zero-order valence-corrected chi connectivity index (χ0v) is 8.14. The first-order valence-corrected chi connectivity index (χ1v) is 4.68. The molecule has 8 heteroatoms. The first kappa shape index (κ1) is 11.9. The van der Waals surface area contributed by atoms with E-state index in [1.165, 1.54) is 0 Å². The molecule has 4 nitrogen and oxygen atoms in total. The van der Waals surface area contributed by atoms with Crippen molar-refractivity contribution in [3.8, 4) is 0 Å². The largest absolute Gasteiger partial charge is 0.397 e. The van der Waals surface area contributed by atoms with Crippen molar-refractivity contribution in [2.75, 3.05) is 6.54 Å². The van der Waals surface area contributed by atoms with Gasteiger partial charge in [-0.25, -0.2) is 0 Å². The Kier molecular flexibility index (Phi) is 3.30. The Morgan fingerprint density at radius 1 is 1.53 bits per heavy atom. The van der Waals surface area contributed by atoms with Crippen LogP contribution in [0.5, 0.6) is 0 Å². The van der Waals surface area contributed by atoms with E-state index in [0.29, 0.717) is 11.3 Å². The minimum atomic E-state index is -4.46. The fraction of sp³-hybridized carbons (Fsp3) is 0.429. The van der Waals surface area contributed by atoms with Gasteiger partial charge in [-0.15, -0.1) is 0 Å². The maximum Gasteiger partial charge on any atom is 0.397 e. The Morgan fingerprint density at radius 2 is 2.13 bits per heavy atom. The predicted octanol–water partition coefficient (Wildman–Crippen LogP) is 2.26. The second kappa shape index (κ2) is 4.15. The number of nitro groups is 1. The lowest BCUT2D eigenvalue weighted by Gasteiger charge is -2.16. The highest BCUT2D eigenvalue weighted by Crippen LogP contribution is 2.39. The molecular formula is C7H7F3N2O2S. The lowest BCUT2D eigenvalue weighted by Crippen LogP contribution is -2.27. The zero-order chi connectivity index (χ0) is 11.6. The van der Waals surface area contributed by atoms with Gasteiger partial charge in [0.15, 0.2) is 0 Å². The van der Waals surface area contributed by atoms with Crippen LogP contribution in [0.3, 0.4) is 0 Å². The molecule has 0 aliphatic carbocycles. The van der Waals surface area contributed by atoms with Crippen molar-refractivity contribution in [3.63, 3.8) is 0 Å². The summed E-state index contributed by atoms with van der Waals surface area (Å²) in [5.41, 5.74) is 4.99. The number of halogens is 3. The number of nitrogens with two attached hydrogens (primary N) is 1. The number of thiophene rings is 1. The van der Waals surface area contributed by atoms with E-state index in [9.17, 15) is 23.3 Å². The van der Waals surface area contributed by atoms with Gasteiger partial charge < -0.3 is 5.73 Å². The molecule has 1 atom stereocenters. The fourth-order valence-corrected chi connectivity index (χ4v) is 2.00. The third-order valence-corrected chi connectivity index (χ3v) is 2.92. The molecule has 2 N–H and O–H groups in total. The lowest BCUT2D eigenvalue weighted by molar-refractivity contribution is -0.380. The van der Waals surface area contributed by atoms with Crippen LogP contribution in [-0.2, 0) is 0 Å². The van der Waals surface area contributed by atoms with Gasteiger partial charge in [-0.3, -0.25) is 10.1 Å². The Labute approximate surface area is 86.7 Å². The van der Waals surface area contributed by atoms with E-state index >= 15 is 0 Å². The van der Waals surface area contributed by atoms with Crippen molar-refractivity contribution in [2.45, 2.75) is 12.1 Å². The van der Waals surface area contributed by atoms with Crippen LogP contribution in [0.15, 0.2) is 12.1 Å². The van der Waals surface area contributed by atoms with Crippen molar-refractivity contribution < 1.29 is 18.1 Å². The molecule has 1 unspecified atom stereocenters. The molecule has 0 bridgehead atoms. The van der Waals surface area contributed by atoms with Crippen LogP contribution in [-0.4, -0.2) is 17.6 Å². The molecule has 0 aromatic carbocycles. The zero-order valence-electron chi connectivity index (χ0n) is 7.32. The Hall–Kier alpha value is -1.15. The molecule has 0 spiro atoms. The van der Waals surface area contributed by atoms with E-state index in [-0.39, 0.29) is 9.88 Å². The molecule has 84 valence electrons. The highest BCUT2D eigenvalue weighted by atomic mass is 32.1. The van der Waals surface area contributed by atoms with Gasteiger partial charge in [-0.2, -0.15) is 13.2 Å². The van der Waals surface area contributed by atoms with E-state index in [1.54, 1.807) is 0 Å². The standard InChI is InChI=1S/C7H7F3N2O2S/c8-7(9,10)4(3-11)5-1-2-6(15-5)12(13)14/h1-2,4H,3,11H2. The molecule has 0 aliphatic heterocycles. The Balaban J connectivity index is 2.98. The highest BCUT2D eigenvalue weighted by molar-refractivity contribution is 7.15. The number of alkyl halides is 3. The average Bonchev–Trinajstić information content (AvgIpc) is 2.51. The summed E-state index contributed by atoms with van der Waals surface area (Å²) in [4.78, 5) is 9.43. The molecule has 0 amide bonds. The number of rotatable bonds is 3. The second-order valence-corrected chi connectivity index (χ2v) is 3.86. The molecule has 1 heterocycles. The summed E-state index contributed by atoms with van der Waals surface area (Å²) in [6.45, 7) is -0.610. The maximum absolute atomic E-state index is 12.4. The van der Waals surface area contributed by atoms with Crippen LogP contribution in [0.4, 0.5) is 18.2 Å². The van der Waals surface area contributed by atoms with Crippen LogP contribution >= 0.6 is 11.3 Å². The van der Waals surface area contributed by atoms with Crippen molar-refractivity contribution >= 4 is 16.3 Å². The number of hydrogen-bond donors (Lipinski definition) is 1. The summed E-state index contributed by atoms with van der Waals surface area (Å²) in [6, 6.07) is 2.14. The molecule has 0 saturated carbocycles. The van der Waals surface area contributed by atoms with Gasteiger partial charge in [0.05, 0.1) is 4.92 Å². The lowest BCUT2D eigenvalue weighted by atomic mass is 10.1. The van der Waals surface area contributed by atoms with Crippen molar-refractivity contribution in [1.82, 2.24) is 0 Å². The van der Waals surface area contributed by atoms with E-state index in [4.69, 9.17) is 5.73 Å². The van der Waals surface area contributed by atoms with Crippen LogP contribution in [0, 0.1) is 10.1 Å². The summed E-state index contributed by atoms with van der Waals surface area (Å²) < 4.78 is 37.1. The van der Waals surface area contributed by atoms with Gasteiger partial charge in [0.1, 0.15) is 5.92 Å². The monoisotopic (exact) mass is 240 g/mol. The van der Waals surface area contributed by atoms with Gasteiger partial charge >= 0.3 is 11.2 Å². The third-order valence-electron chi connectivity index (χ3n) is 1.77. The van der Waals surface area contributed by atoms with E-state index in [2.05, 4.69) is 0 Å². The average molecular weight is 240 g/mol. The van der Waals surface area contributed by atoms with Crippen LogP contribution in [0.25, 0.3) is 0 Å². The summed E-state index contributed by atoms with van der Waals surface area (Å²) in [5, 5.41) is 9.97. The van der Waals surface area contributed by atoms with Gasteiger partial charge in [-0.05, 0) is 6.07 Å². The molecule has 0 saturated heterocycles. The first-order chi connectivity index (χ1) is 6.86. The predicted molar refractivity (Wildman–Crippen MR) is 48.8 cm³/mol. The summed E-state index contributed by atoms with van der Waals surface area (Å²) in [7, 11) is 0. The van der Waals surface area contributed by atoms with Crippen molar-refractivity contribution in [2.24, 2.45) is 5.73 Å². The number of nitrogens with zero attached hydrogens (tertiary/aromatic N) is 1. The normalized spacial score (nSPS) is 13.9. The van der Waals surface area contributed by atoms with E-state index in [1.807, 2.05) is 0 Å². The minimum absolute atomic E-state index is 0.128. The van der Waals surface area contributed by atoms with Crippen LogP contribution in [0.1, 0.15) is 10.8 Å². The molecule has 0 radical (unpaired) electrons. The molecule has 1 rings (SSSR count). The van der Waals surface area contributed by atoms with Gasteiger partial charge in [0, 0.05) is 17.5 Å². The van der Waals surface area contributed by atoms with Crippen LogP contribution in [0.2, 0.25) is 0 Å². The molecular weight excluding hydrogens is 233 g/mol. The molecule has 1 aromatic rings. The molecule has 0 fully saturated rings. The van der Waals surface area contributed by atoms with Gasteiger partial charge in [-0.1, -0.05) is 11.3 Å². The summed E-state index contributed by atoms with van der Waals surface area (Å²) in [6.07, 6.45) is -4.46. The minimum Gasteiger partial charge on any atom is -0.329 e. The second-order valence-electron chi connectivity index (χ2n) is 2.76. The quantitative estimate of drug-likeness (QED) is 0.650. The first-order valence-electron chi connectivity index (χ1n) is 3.87. The summed E-state index contributed by atoms with van der Waals surface area (Å²) >= 11 is 0.501. The van der Waals surface area contributed by atoms with Gasteiger partial charge in [0.2, 0.25) is 0 Å². The summed E-state index contributed by atoms with van der Waals surface area (Å²) in [5.74, 6) is -1.82. The highest BCUT2D eigenvalue weighted by Gasteiger charge is 2.41. The van der Waals surface area contributed by atoms with Gasteiger partial charge in [0.25, 0.3) is 0 Å².